The van der Waals surface area contributed by atoms with Gasteiger partial charge in [-0.05, 0) is 25.0 Å². The Hall–Kier alpha value is -3.26. The largest absolute Gasteiger partial charge is 0.343 e. The highest BCUT2D eigenvalue weighted by Crippen LogP contribution is 2.25. The van der Waals surface area contributed by atoms with E-state index in [0.717, 1.165) is 41.1 Å². The minimum Gasteiger partial charge on any atom is -0.343 e. The molecule has 1 saturated heterocycles. The van der Waals surface area contributed by atoms with Crippen molar-refractivity contribution in [3.05, 3.63) is 74.9 Å². The molecule has 30 heavy (non-hydrogen) atoms. The molecule has 2 aromatic carbocycles. The van der Waals surface area contributed by atoms with E-state index in [2.05, 4.69) is 4.57 Å². The molecule has 0 aliphatic carbocycles. The smallest absolute Gasteiger partial charge is 0.270 e. The van der Waals surface area contributed by atoms with Crippen LogP contribution in [0.5, 0.6) is 0 Å². The van der Waals surface area contributed by atoms with Crippen molar-refractivity contribution in [3.8, 4) is 11.3 Å². The van der Waals surface area contributed by atoms with Gasteiger partial charge in [-0.25, -0.2) is 4.99 Å². The molecule has 3 aromatic rings. The van der Waals surface area contributed by atoms with Crippen molar-refractivity contribution in [2.45, 2.75) is 25.8 Å². The quantitative estimate of drug-likeness (QED) is 0.419. The second kappa shape index (κ2) is 9.04. The molecule has 1 aliphatic heterocycles. The number of aromatic nitrogens is 1. The van der Waals surface area contributed by atoms with Gasteiger partial charge in [-0.15, -0.1) is 11.3 Å². The summed E-state index contributed by atoms with van der Waals surface area (Å²) in [5.74, 6) is 0.221. The number of hydrogen-bond donors (Lipinski definition) is 0. The van der Waals surface area contributed by atoms with Crippen molar-refractivity contribution < 1.29 is 9.72 Å². The maximum Gasteiger partial charge on any atom is 0.270 e. The first-order chi connectivity index (χ1) is 14.6. The van der Waals surface area contributed by atoms with Gasteiger partial charge in [0.25, 0.3) is 5.69 Å². The van der Waals surface area contributed by atoms with Crippen LogP contribution in [0.1, 0.15) is 19.3 Å². The number of nitro benzene ring substituents is 1. The highest BCUT2D eigenvalue weighted by atomic mass is 32.1. The molecular weight excluding hydrogens is 400 g/mol. The van der Waals surface area contributed by atoms with Gasteiger partial charge in [-0.2, -0.15) is 0 Å². The number of benzene rings is 2. The second-order valence-corrected chi connectivity index (χ2v) is 7.98. The van der Waals surface area contributed by atoms with Crippen molar-refractivity contribution in [3.63, 3.8) is 0 Å². The summed E-state index contributed by atoms with van der Waals surface area (Å²) in [5, 5.41) is 13.2. The molecule has 7 nitrogen and oxygen atoms in total. The highest BCUT2D eigenvalue weighted by molar-refractivity contribution is 7.07. The van der Waals surface area contributed by atoms with Gasteiger partial charge < -0.3 is 9.47 Å². The van der Waals surface area contributed by atoms with Crippen LogP contribution in [0.2, 0.25) is 0 Å². The van der Waals surface area contributed by atoms with Crippen LogP contribution in [0.15, 0.2) is 65.0 Å². The highest BCUT2D eigenvalue weighted by Gasteiger charge is 2.19. The summed E-state index contributed by atoms with van der Waals surface area (Å²) in [4.78, 5) is 30.3. The number of para-hydroxylation sites is 1. The Morgan fingerprint density at radius 1 is 1.10 bits per heavy atom. The molecule has 0 bridgehead atoms. The van der Waals surface area contributed by atoms with Gasteiger partial charge in [-0.3, -0.25) is 14.9 Å². The minimum absolute atomic E-state index is 0.0643. The van der Waals surface area contributed by atoms with E-state index in [1.165, 1.54) is 17.4 Å². The van der Waals surface area contributed by atoms with E-state index in [9.17, 15) is 14.9 Å². The summed E-state index contributed by atoms with van der Waals surface area (Å²) < 4.78 is 2.09. The van der Waals surface area contributed by atoms with E-state index in [4.69, 9.17) is 4.99 Å². The fourth-order valence-corrected chi connectivity index (χ4v) is 4.57. The maximum absolute atomic E-state index is 11.9. The Bertz CT molecular complexity index is 1120. The third-order valence-electron chi connectivity index (χ3n) is 5.11. The van der Waals surface area contributed by atoms with Crippen LogP contribution < -0.4 is 4.80 Å². The molecule has 2 heterocycles. The molecular formula is C22H22N4O3S. The number of likely N-dealkylation sites (tertiary alicyclic amines) is 1. The maximum atomic E-state index is 11.9. The summed E-state index contributed by atoms with van der Waals surface area (Å²) in [6.45, 7) is 2.21. The van der Waals surface area contributed by atoms with Crippen molar-refractivity contribution in [2.75, 3.05) is 13.1 Å². The van der Waals surface area contributed by atoms with E-state index in [-0.39, 0.29) is 16.5 Å². The number of carbonyl (C=O) groups is 1. The number of hydrogen-bond acceptors (Lipinski definition) is 5. The van der Waals surface area contributed by atoms with E-state index in [1.807, 2.05) is 46.7 Å². The molecule has 1 aromatic heterocycles. The molecule has 0 unspecified atom stereocenters. The SMILES string of the molecule is O=C1CCCN1CCCn1c(-c2cccc([N+](=O)[O-])c2)csc1=Nc1ccccc1. The number of amides is 1. The van der Waals surface area contributed by atoms with Crippen molar-refractivity contribution in [1.29, 1.82) is 0 Å². The lowest BCUT2D eigenvalue weighted by atomic mass is 10.1. The third kappa shape index (κ3) is 4.49. The predicted octanol–water partition coefficient (Wildman–Crippen LogP) is 4.37. The summed E-state index contributed by atoms with van der Waals surface area (Å²) >= 11 is 1.51. The molecule has 0 N–H and O–H groups in total. The average Bonchev–Trinajstić information content (AvgIpc) is 3.35. The number of nitro groups is 1. The number of thiazole rings is 1. The second-order valence-electron chi connectivity index (χ2n) is 7.15. The number of non-ortho nitro benzene ring substituents is 1. The molecule has 154 valence electrons. The van der Waals surface area contributed by atoms with Gasteiger partial charge in [0, 0.05) is 49.1 Å². The summed E-state index contributed by atoms with van der Waals surface area (Å²) in [6, 6.07) is 16.4. The molecule has 0 spiro atoms. The molecule has 0 saturated carbocycles. The first-order valence-corrected chi connectivity index (χ1v) is 10.8. The fraction of sp³-hybridized carbons (Fsp3) is 0.273. The van der Waals surface area contributed by atoms with Gasteiger partial charge in [-0.1, -0.05) is 30.3 Å². The van der Waals surface area contributed by atoms with E-state index in [0.29, 0.717) is 19.5 Å². The van der Waals surface area contributed by atoms with Crippen LogP contribution in [0.3, 0.4) is 0 Å². The van der Waals surface area contributed by atoms with E-state index < -0.39 is 0 Å². The topological polar surface area (TPSA) is 80.7 Å². The Morgan fingerprint density at radius 2 is 1.93 bits per heavy atom. The lowest BCUT2D eigenvalue weighted by Crippen LogP contribution is -2.27. The van der Waals surface area contributed by atoms with Crippen molar-refractivity contribution >= 4 is 28.6 Å². The number of nitrogens with zero attached hydrogens (tertiary/aromatic N) is 4. The van der Waals surface area contributed by atoms with Gasteiger partial charge in [0.05, 0.1) is 16.3 Å². The van der Waals surface area contributed by atoms with Gasteiger partial charge in [0.2, 0.25) is 5.91 Å². The Kier molecular flexibility index (Phi) is 6.04. The van der Waals surface area contributed by atoms with E-state index in [1.54, 1.807) is 12.1 Å². The first-order valence-electron chi connectivity index (χ1n) is 9.92. The molecule has 1 fully saturated rings. The standard InChI is InChI=1S/C22H22N4O3S/c27-21-11-5-12-24(21)13-6-14-25-20(17-7-4-10-19(15-17)26(28)29)16-30-22(25)23-18-8-2-1-3-9-18/h1-4,7-10,15-16H,5-6,11-14H2. The monoisotopic (exact) mass is 422 g/mol. The van der Waals surface area contributed by atoms with Crippen molar-refractivity contribution in [1.82, 2.24) is 9.47 Å². The molecule has 1 aliphatic rings. The third-order valence-corrected chi connectivity index (χ3v) is 5.98. The minimum atomic E-state index is -0.381. The van der Waals surface area contributed by atoms with Crippen molar-refractivity contribution in [2.24, 2.45) is 4.99 Å². The fourth-order valence-electron chi connectivity index (χ4n) is 3.62. The molecule has 0 atom stereocenters. The van der Waals surface area contributed by atoms with Gasteiger partial charge in [0.15, 0.2) is 4.80 Å². The average molecular weight is 423 g/mol. The van der Waals surface area contributed by atoms with Crippen LogP contribution in [0.25, 0.3) is 11.3 Å². The van der Waals surface area contributed by atoms with Gasteiger partial charge >= 0.3 is 0 Å². The zero-order chi connectivity index (χ0) is 20.9. The zero-order valence-electron chi connectivity index (χ0n) is 16.4. The molecule has 8 heteroatoms. The van der Waals surface area contributed by atoms with Crippen LogP contribution in [0.4, 0.5) is 11.4 Å². The lowest BCUT2D eigenvalue weighted by molar-refractivity contribution is -0.384. The summed E-state index contributed by atoms with van der Waals surface area (Å²) in [7, 11) is 0. The zero-order valence-corrected chi connectivity index (χ0v) is 17.3. The summed E-state index contributed by atoms with van der Waals surface area (Å²) in [5.41, 5.74) is 2.60. The number of carbonyl (C=O) groups excluding carboxylic acids is 1. The first kappa shape index (κ1) is 20.0. The van der Waals surface area contributed by atoms with Crippen LogP contribution in [-0.4, -0.2) is 33.4 Å². The number of rotatable bonds is 7. The normalized spacial score (nSPS) is 14.5. The van der Waals surface area contributed by atoms with Gasteiger partial charge in [0.1, 0.15) is 0 Å². The van der Waals surface area contributed by atoms with Crippen LogP contribution in [0, 0.1) is 10.1 Å². The summed E-state index contributed by atoms with van der Waals surface area (Å²) in [6.07, 6.45) is 2.36. The molecule has 4 rings (SSSR count). The molecule has 0 radical (unpaired) electrons. The van der Waals surface area contributed by atoms with E-state index >= 15 is 0 Å². The Labute approximate surface area is 178 Å². The molecule has 1 amide bonds. The van der Waals surface area contributed by atoms with Crippen LogP contribution in [-0.2, 0) is 11.3 Å². The lowest BCUT2D eigenvalue weighted by Gasteiger charge is -2.16. The predicted molar refractivity (Wildman–Crippen MR) is 116 cm³/mol. The Morgan fingerprint density at radius 3 is 2.67 bits per heavy atom. The Balaban J connectivity index is 1.67. The van der Waals surface area contributed by atoms with Crippen LogP contribution >= 0.6 is 11.3 Å².